The number of carbonyl (C=O) groups excluding carboxylic acids is 3. The number of rotatable bonds is 54. The third kappa shape index (κ3) is 54.3. The van der Waals surface area contributed by atoms with Crippen molar-refractivity contribution in [1.82, 2.24) is 0 Å². The van der Waals surface area contributed by atoms with Gasteiger partial charge in [0.1, 0.15) is 13.2 Å². The summed E-state index contributed by atoms with van der Waals surface area (Å²) in [6, 6.07) is 0. The zero-order chi connectivity index (χ0) is 49.3. The van der Waals surface area contributed by atoms with Crippen molar-refractivity contribution in [3.63, 3.8) is 0 Å². The molecule has 0 aliphatic heterocycles. The number of hydrogen-bond acceptors (Lipinski definition) is 6. The maximum absolute atomic E-state index is 12.9. The molecule has 0 saturated carbocycles. The number of ether oxygens (including phenoxy) is 3. The second kappa shape index (κ2) is 57.0. The Morgan fingerprint density at radius 3 is 0.912 bits per heavy atom. The SMILES string of the molecule is CC/C=C\C/C=C\C/C=C\CCCCCCCC(=O)OCC(COC(=O)CCCCCCCCC/C=C\CCCCCCCCC)OC(=O)CCCCCCCCCCCCCCCCCCC. The topological polar surface area (TPSA) is 78.9 Å². The van der Waals surface area contributed by atoms with Gasteiger partial charge in [-0.1, -0.05) is 262 Å². The van der Waals surface area contributed by atoms with Gasteiger partial charge in [0.2, 0.25) is 0 Å². The van der Waals surface area contributed by atoms with Crippen LogP contribution < -0.4 is 0 Å². The van der Waals surface area contributed by atoms with E-state index in [2.05, 4.69) is 69.4 Å². The molecule has 1 unspecified atom stereocenters. The molecule has 6 nitrogen and oxygen atoms in total. The third-order valence-corrected chi connectivity index (χ3v) is 13.1. The van der Waals surface area contributed by atoms with E-state index in [4.69, 9.17) is 14.2 Å². The van der Waals surface area contributed by atoms with Crippen LogP contribution in [-0.4, -0.2) is 37.2 Å². The molecule has 0 amide bonds. The molecule has 0 fully saturated rings. The fraction of sp³-hybridized carbons (Fsp3) is 0.823. The quantitative estimate of drug-likeness (QED) is 0.0262. The summed E-state index contributed by atoms with van der Waals surface area (Å²) >= 11 is 0. The Morgan fingerprint density at radius 1 is 0.309 bits per heavy atom. The first-order valence-corrected chi connectivity index (χ1v) is 29.6. The lowest BCUT2D eigenvalue weighted by Crippen LogP contribution is -2.30. The summed E-state index contributed by atoms with van der Waals surface area (Å²) in [4.78, 5) is 38.2. The van der Waals surface area contributed by atoms with Crippen LogP contribution in [-0.2, 0) is 28.6 Å². The van der Waals surface area contributed by atoms with Gasteiger partial charge in [0.05, 0.1) is 0 Å². The van der Waals surface area contributed by atoms with Crippen LogP contribution in [0.15, 0.2) is 48.6 Å². The summed E-state index contributed by atoms with van der Waals surface area (Å²) in [6.45, 7) is 6.55. The summed E-state index contributed by atoms with van der Waals surface area (Å²) in [5.74, 6) is -0.882. The second-order valence-corrected chi connectivity index (χ2v) is 19.9. The minimum absolute atomic E-state index is 0.0779. The molecule has 0 radical (unpaired) electrons. The Labute approximate surface area is 422 Å². The van der Waals surface area contributed by atoms with E-state index in [-0.39, 0.29) is 31.1 Å². The third-order valence-electron chi connectivity index (χ3n) is 13.1. The molecule has 0 N–H and O–H groups in total. The predicted molar refractivity (Wildman–Crippen MR) is 293 cm³/mol. The molecule has 68 heavy (non-hydrogen) atoms. The Balaban J connectivity index is 4.36. The van der Waals surface area contributed by atoms with Gasteiger partial charge in [-0.3, -0.25) is 14.4 Å². The number of unbranched alkanes of at least 4 members (excludes halogenated alkanes) is 35. The first-order chi connectivity index (χ1) is 33.5. The Kier molecular flexibility index (Phi) is 54.8. The van der Waals surface area contributed by atoms with E-state index in [0.717, 1.165) is 96.3 Å². The molecule has 0 spiro atoms. The van der Waals surface area contributed by atoms with Gasteiger partial charge in [-0.2, -0.15) is 0 Å². The van der Waals surface area contributed by atoms with E-state index < -0.39 is 6.10 Å². The summed E-state index contributed by atoms with van der Waals surface area (Å²) in [5.41, 5.74) is 0. The molecule has 0 rings (SSSR count). The smallest absolute Gasteiger partial charge is 0.306 e. The molecule has 0 aromatic carbocycles. The average molecular weight is 954 g/mol. The first-order valence-electron chi connectivity index (χ1n) is 29.6. The minimum atomic E-state index is -0.780. The molecular weight excluding hydrogens is 841 g/mol. The van der Waals surface area contributed by atoms with E-state index >= 15 is 0 Å². The zero-order valence-corrected chi connectivity index (χ0v) is 45.4. The molecule has 0 saturated heterocycles. The molecule has 0 aromatic heterocycles. The lowest BCUT2D eigenvalue weighted by atomic mass is 10.0. The Bertz CT molecular complexity index is 1190. The van der Waals surface area contributed by atoms with Crippen LogP contribution in [0.5, 0.6) is 0 Å². The van der Waals surface area contributed by atoms with Crippen LogP contribution in [0.2, 0.25) is 0 Å². The van der Waals surface area contributed by atoms with Gasteiger partial charge in [0.25, 0.3) is 0 Å². The maximum atomic E-state index is 12.9. The van der Waals surface area contributed by atoms with Crippen molar-refractivity contribution < 1.29 is 28.6 Å². The highest BCUT2D eigenvalue weighted by atomic mass is 16.6. The van der Waals surface area contributed by atoms with Crippen molar-refractivity contribution in [3.05, 3.63) is 48.6 Å². The lowest BCUT2D eigenvalue weighted by Gasteiger charge is -2.18. The highest BCUT2D eigenvalue weighted by Crippen LogP contribution is 2.17. The van der Waals surface area contributed by atoms with Crippen molar-refractivity contribution in [2.24, 2.45) is 0 Å². The summed E-state index contributed by atoms with van der Waals surface area (Å²) in [7, 11) is 0. The van der Waals surface area contributed by atoms with Crippen LogP contribution in [0.4, 0.5) is 0 Å². The first kappa shape index (κ1) is 65.4. The molecule has 0 aliphatic carbocycles. The van der Waals surface area contributed by atoms with E-state index in [1.807, 2.05) is 0 Å². The second-order valence-electron chi connectivity index (χ2n) is 19.9. The van der Waals surface area contributed by atoms with Gasteiger partial charge in [0.15, 0.2) is 6.10 Å². The van der Waals surface area contributed by atoms with Crippen molar-refractivity contribution in [2.45, 2.75) is 316 Å². The van der Waals surface area contributed by atoms with E-state index in [0.29, 0.717) is 19.3 Å². The molecule has 0 aromatic rings. The molecule has 6 heteroatoms. The molecule has 396 valence electrons. The summed E-state index contributed by atoms with van der Waals surface area (Å²) in [6.07, 6.45) is 69.6. The van der Waals surface area contributed by atoms with Gasteiger partial charge in [-0.15, -0.1) is 0 Å². The van der Waals surface area contributed by atoms with Gasteiger partial charge < -0.3 is 14.2 Å². The van der Waals surface area contributed by atoms with Crippen molar-refractivity contribution in [1.29, 1.82) is 0 Å². The van der Waals surface area contributed by atoms with Gasteiger partial charge in [0, 0.05) is 19.3 Å². The average Bonchev–Trinajstić information content (AvgIpc) is 3.34. The number of carbonyl (C=O) groups is 3. The molecule has 0 heterocycles. The highest BCUT2D eigenvalue weighted by molar-refractivity contribution is 5.71. The number of hydrogen-bond donors (Lipinski definition) is 0. The highest BCUT2D eigenvalue weighted by Gasteiger charge is 2.19. The van der Waals surface area contributed by atoms with Crippen LogP contribution in [0.25, 0.3) is 0 Å². The van der Waals surface area contributed by atoms with Crippen molar-refractivity contribution >= 4 is 17.9 Å². The predicted octanol–water partition coefficient (Wildman–Crippen LogP) is 19.8. The standard InChI is InChI=1S/C62H112O6/c1-4-7-10-13-16-19-22-25-28-30-32-34-37-40-43-46-49-52-55-61(64)67-58-59(57-66-60(63)54-51-48-45-42-39-36-33-27-24-21-18-15-12-9-6-3)68-62(65)56-53-50-47-44-41-38-35-31-29-26-23-20-17-14-11-8-5-2/h9,12,18,21,27-28,30,33,59H,4-8,10-11,13-17,19-20,22-26,29,31-32,34-58H2,1-3H3/b12-9-,21-18-,30-28-,33-27-. The van der Waals surface area contributed by atoms with Crippen LogP contribution in [0.1, 0.15) is 310 Å². The van der Waals surface area contributed by atoms with Crippen LogP contribution in [0.3, 0.4) is 0 Å². The van der Waals surface area contributed by atoms with Crippen LogP contribution >= 0.6 is 0 Å². The Morgan fingerprint density at radius 2 is 0.574 bits per heavy atom. The lowest BCUT2D eigenvalue weighted by molar-refractivity contribution is -0.167. The maximum Gasteiger partial charge on any atom is 0.306 e. The zero-order valence-electron chi connectivity index (χ0n) is 45.4. The molecule has 0 bridgehead atoms. The van der Waals surface area contributed by atoms with Crippen LogP contribution in [0, 0.1) is 0 Å². The Hall–Kier alpha value is -2.63. The number of allylic oxidation sites excluding steroid dienone is 8. The monoisotopic (exact) mass is 953 g/mol. The fourth-order valence-corrected chi connectivity index (χ4v) is 8.63. The molecule has 1 atom stereocenters. The summed E-state index contributed by atoms with van der Waals surface area (Å²) < 4.78 is 16.9. The van der Waals surface area contributed by atoms with E-state index in [9.17, 15) is 14.4 Å². The normalized spacial score (nSPS) is 12.3. The van der Waals surface area contributed by atoms with E-state index in [1.165, 1.54) is 173 Å². The fourth-order valence-electron chi connectivity index (χ4n) is 8.63. The molecular formula is C62H112O6. The largest absolute Gasteiger partial charge is 0.462 e. The summed E-state index contributed by atoms with van der Waals surface area (Å²) in [5, 5.41) is 0. The van der Waals surface area contributed by atoms with Gasteiger partial charge in [-0.25, -0.2) is 0 Å². The minimum Gasteiger partial charge on any atom is -0.462 e. The number of esters is 3. The van der Waals surface area contributed by atoms with Crippen molar-refractivity contribution in [2.75, 3.05) is 13.2 Å². The van der Waals surface area contributed by atoms with Gasteiger partial charge >= 0.3 is 17.9 Å². The van der Waals surface area contributed by atoms with Crippen molar-refractivity contribution in [3.8, 4) is 0 Å². The van der Waals surface area contributed by atoms with E-state index in [1.54, 1.807) is 0 Å². The van der Waals surface area contributed by atoms with Gasteiger partial charge in [-0.05, 0) is 77.0 Å². The molecule has 0 aliphatic rings.